The van der Waals surface area contributed by atoms with E-state index in [1.807, 2.05) is 6.07 Å². The van der Waals surface area contributed by atoms with Gasteiger partial charge in [0, 0.05) is 25.1 Å². The average molecular weight is 234 g/mol. The molecular formula is C14H22N2O. The van der Waals surface area contributed by atoms with Crippen molar-refractivity contribution in [3.05, 3.63) is 35.9 Å². The fourth-order valence-electron chi connectivity index (χ4n) is 2.45. The molecule has 0 spiro atoms. The van der Waals surface area contributed by atoms with E-state index < -0.39 is 0 Å². The molecule has 0 bridgehead atoms. The predicted molar refractivity (Wildman–Crippen MR) is 69.5 cm³/mol. The van der Waals surface area contributed by atoms with E-state index in [2.05, 4.69) is 29.2 Å². The molecule has 3 nitrogen and oxygen atoms in total. The Hall–Kier alpha value is -0.900. The highest BCUT2D eigenvalue weighted by atomic mass is 16.3. The maximum absolute atomic E-state index is 9.42. The van der Waals surface area contributed by atoms with Crippen LogP contribution in [0, 0.1) is 5.41 Å². The van der Waals surface area contributed by atoms with Gasteiger partial charge in [-0.1, -0.05) is 30.3 Å². The minimum Gasteiger partial charge on any atom is -0.396 e. The third kappa shape index (κ3) is 3.06. The minimum absolute atomic E-state index is 0.0206. The third-order valence-electron chi connectivity index (χ3n) is 3.93. The SMILES string of the molecule is NCC1(CO)CCN(Cc2ccccc2)CC1. The van der Waals surface area contributed by atoms with Gasteiger partial charge in [0.2, 0.25) is 0 Å². The van der Waals surface area contributed by atoms with Crippen molar-refractivity contribution in [2.24, 2.45) is 11.1 Å². The Bertz CT molecular complexity index is 325. The zero-order chi connectivity index (χ0) is 12.1. The van der Waals surface area contributed by atoms with Crippen LogP contribution in [0.1, 0.15) is 18.4 Å². The second-order valence-corrected chi connectivity index (χ2v) is 5.12. The minimum atomic E-state index is -0.0206. The second kappa shape index (κ2) is 5.63. The molecule has 1 heterocycles. The van der Waals surface area contributed by atoms with Crippen molar-refractivity contribution in [3.63, 3.8) is 0 Å². The van der Waals surface area contributed by atoms with Gasteiger partial charge in [-0.25, -0.2) is 0 Å². The van der Waals surface area contributed by atoms with Gasteiger partial charge in [-0.2, -0.15) is 0 Å². The number of benzene rings is 1. The maximum Gasteiger partial charge on any atom is 0.0500 e. The number of piperidine rings is 1. The molecule has 0 atom stereocenters. The molecule has 1 aliphatic rings. The zero-order valence-electron chi connectivity index (χ0n) is 10.3. The van der Waals surface area contributed by atoms with Gasteiger partial charge >= 0.3 is 0 Å². The van der Waals surface area contributed by atoms with Gasteiger partial charge < -0.3 is 10.8 Å². The summed E-state index contributed by atoms with van der Waals surface area (Å²) >= 11 is 0. The Morgan fingerprint density at radius 2 is 1.82 bits per heavy atom. The number of rotatable bonds is 4. The van der Waals surface area contributed by atoms with Gasteiger partial charge in [-0.15, -0.1) is 0 Å². The van der Waals surface area contributed by atoms with E-state index in [-0.39, 0.29) is 12.0 Å². The van der Waals surface area contributed by atoms with Crippen LogP contribution in [-0.2, 0) is 6.54 Å². The Morgan fingerprint density at radius 3 is 2.35 bits per heavy atom. The Kier molecular flexibility index (Phi) is 4.15. The lowest BCUT2D eigenvalue weighted by atomic mass is 9.79. The van der Waals surface area contributed by atoms with Crippen LogP contribution in [0.2, 0.25) is 0 Å². The van der Waals surface area contributed by atoms with Crippen molar-refractivity contribution in [1.82, 2.24) is 4.90 Å². The first kappa shape index (κ1) is 12.6. The van der Waals surface area contributed by atoms with Crippen LogP contribution < -0.4 is 5.73 Å². The standard InChI is InChI=1S/C14H22N2O/c15-11-14(12-17)6-8-16(9-7-14)10-13-4-2-1-3-5-13/h1-5,17H,6-12,15H2. The largest absolute Gasteiger partial charge is 0.396 e. The summed E-state index contributed by atoms with van der Waals surface area (Å²) < 4.78 is 0. The van der Waals surface area contributed by atoms with Crippen LogP contribution in [0.5, 0.6) is 0 Å². The summed E-state index contributed by atoms with van der Waals surface area (Å²) in [5, 5.41) is 9.42. The first-order valence-electron chi connectivity index (χ1n) is 6.35. The highest BCUT2D eigenvalue weighted by Crippen LogP contribution is 2.30. The zero-order valence-corrected chi connectivity index (χ0v) is 10.3. The molecule has 1 aliphatic heterocycles. The lowest BCUT2D eigenvalue weighted by Crippen LogP contribution is -2.45. The molecule has 1 saturated heterocycles. The van der Waals surface area contributed by atoms with Gasteiger partial charge in [-0.05, 0) is 31.5 Å². The number of aliphatic hydroxyl groups is 1. The molecule has 3 N–H and O–H groups in total. The first-order valence-corrected chi connectivity index (χ1v) is 6.35. The molecule has 1 aromatic rings. The molecule has 17 heavy (non-hydrogen) atoms. The smallest absolute Gasteiger partial charge is 0.0500 e. The molecule has 0 saturated carbocycles. The van der Waals surface area contributed by atoms with Crippen LogP contribution >= 0.6 is 0 Å². The van der Waals surface area contributed by atoms with Crippen molar-refractivity contribution < 1.29 is 5.11 Å². The van der Waals surface area contributed by atoms with Crippen molar-refractivity contribution in [2.45, 2.75) is 19.4 Å². The predicted octanol–water partition coefficient (Wildman–Crippen LogP) is 1.22. The van der Waals surface area contributed by atoms with E-state index in [9.17, 15) is 5.11 Å². The fraction of sp³-hybridized carbons (Fsp3) is 0.571. The molecule has 0 aromatic heterocycles. The molecule has 1 aromatic carbocycles. The normalized spacial score (nSPS) is 20.4. The van der Waals surface area contributed by atoms with E-state index in [1.54, 1.807) is 0 Å². The number of likely N-dealkylation sites (tertiary alicyclic amines) is 1. The van der Waals surface area contributed by atoms with Crippen molar-refractivity contribution in [3.8, 4) is 0 Å². The number of hydrogen-bond acceptors (Lipinski definition) is 3. The summed E-state index contributed by atoms with van der Waals surface area (Å²) in [5.41, 5.74) is 7.11. The molecule has 0 aliphatic carbocycles. The summed E-state index contributed by atoms with van der Waals surface area (Å²) in [6.07, 6.45) is 2.01. The Balaban J connectivity index is 1.87. The van der Waals surface area contributed by atoms with Crippen molar-refractivity contribution in [2.75, 3.05) is 26.2 Å². The monoisotopic (exact) mass is 234 g/mol. The average Bonchev–Trinajstić information content (AvgIpc) is 2.41. The summed E-state index contributed by atoms with van der Waals surface area (Å²) in [7, 11) is 0. The lowest BCUT2D eigenvalue weighted by Gasteiger charge is -2.40. The molecule has 1 fully saturated rings. The number of nitrogens with zero attached hydrogens (tertiary/aromatic N) is 1. The van der Waals surface area contributed by atoms with Crippen LogP contribution in [0.3, 0.4) is 0 Å². The molecule has 94 valence electrons. The Labute approximate surface area is 103 Å². The highest BCUT2D eigenvalue weighted by Gasteiger charge is 2.32. The van der Waals surface area contributed by atoms with Crippen LogP contribution in [0.4, 0.5) is 0 Å². The molecule has 0 amide bonds. The van der Waals surface area contributed by atoms with E-state index in [1.165, 1.54) is 5.56 Å². The quantitative estimate of drug-likeness (QED) is 0.823. The van der Waals surface area contributed by atoms with Crippen LogP contribution in [-0.4, -0.2) is 36.2 Å². The van der Waals surface area contributed by atoms with Gasteiger partial charge in [0.05, 0.1) is 0 Å². The molecule has 0 unspecified atom stereocenters. The Morgan fingerprint density at radius 1 is 1.18 bits per heavy atom. The second-order valence-electron chi connectivity index (χ2n) is 5.12. The summed E-state index contributed by atoms with van der Waals surface area (Å²) in [6.45, 7) is 3.90. The van der Waals surface area contributed by atoms with Gasteiger partial charge in [0.15, 0.2) is 0 Å². The summed E-state index contributed by atoms with van der Waals surface area (Å²) in [5.74, 6) is 0. The molecule has 3 heteroatoms. The number of nitrogens with two attached hydrogens (primary N) is 1. The molecular weight excluding hydrogens is 212 g/mol. The van der Waals surface area contributed by atoms with E-state index in [0.717, 1.165) is 32.5 Å². The van der Waals surface area contributed by atoms with Gasteiger partial charge in [0.1, 0.15) is 0 Å². The van der Waals surface area contributed by atoms with Crippen LogP contribution in [0.25, 0.3) is 0 Å². The molecule has 0 radical (unpaired) electrons. The molecule has 2 rings (SSSR count). The maximum atomic E-state index is 9.42. The van der Waals surface area contributed by atoms with E-state index >= 15 is 0 Å². The van der Waals surface area contributed by atoms with Gasteiger partial charge in [-0.3, -0.25) is 4.90 Å². The van der Waals surface area contributed by atoms with Crippen molar-refractivity contribution >= 4 is 0 Å². The third-order valence-corrected chi connectivity index (χ3v) is 3.93. The number of hydrogen-bond donors (Lipinski definition) is 2. The lowest BCUT2D eigenvalue weighted by molar-refractivity contribution is 0.0479. The van der Waals surface area contributed by atoms with Crippen LogP contribution in [0.15, 0.2) is 30.3 Å². The summed E-state index contributed by atoms with van der Waals surface area (Å²) in [6, 6.07) is 10.5. The van der Waals surface area contributed by atoms with Gasteiger partial charge in [0.25, 0.3) is 0 Å². The fourth-order valence-corrected chi connectivity index (χ4v) is 2.45. The first-order chi connectivity index (χ1) is 8.28. The summed E-state index contributed by atoms with van der Waals surface area (Å²) in [4.78, 5) is 2.44. The number of aliphatic hydroxyl groups excluding tert-OH is 1. The topological polar surface area (TPSA) is 49.5 Å². The highest BCUT2D eigenvalue weighted by molar-refractivity contribution is 5.14. The van der Waals surface area contributed by atoms with E-state index in [4.69, 9.17) is 5.73 Å². The van der Waals surface area contributed by atoms with Crippen molar-refractivity contribution in [1.29, 1.82) is 0 Å². The van der Waals surface area contributed by atoms with E-state index in [0.29, 0.717) is 6.54 Å².